The largest absolute Gasteiger partial charge is 0.369 e. The van der Waals surface area contributed by atoms with Crippen LogP contribution in [0.4, 0.5) is 5.95 Å². The fourth-order valence-electron chi connectivity index (χ4n) is 2.04. The number of nitrogen functional groups attached to an aromatic ring is 1. The third-order valence-electron chi connectivity index (χ3n) is 2.89. The molecule has 3 aromatic rings. The van der Waals surface area contributed by atoms with E-state index in [0.717, 1.165) is 26.1 Å². The summed E-state index contributed by atoms with van der Waals surface area (Å²) in [5.74, 6) is 1.27. The van der Waals surface area contributed by atoms with E-state index in [9.17, 15) is 0 Å². The van der Waals surface area contributed by atoms with Crippen LogP contribution in [0.2, 0.25) is 0 Å². The first kappa shape index (κ1) is 12.3. The van der Waals surface area contributed by atoms with E-state index < -0.39 is 0 Å². The summed E-state index contributed by atoms with van der Waals surface area (Å²) in [5, 5.41) is 0. The Hall–Kier alpha value is -1.70. The van der Waals surface area contributed by atoms with Crippen LogP contribution in [0.3, 0.4) is 0 Å². The van der Waals surface area contributed by atoms with Crippen LogP contribution >= 0.6 is 22.6 Å². The van der Waals surface area contributed by atoms with Crippen LogP contribution in [-0.4, -0.2) is 19.5 Å². The SMILES string of the molecule is Cc1nccc(Cn2c(N)nc3cc(I)ccc32)n1. The van der Waals surface area contributed by atoms with Gasteiger partial charge < -0.3 is 10.3 Å². The normalized spacial score (nSPS) is 11.1. The zero-order chi connectivity index (χ0) is 13.4. The molecule has 0 bridgehead atoms. The van der Waals surface area contributed by atoms with Crippen molar-refractivity contribution in [3.05, 3.63) is 45.6 Å². The summed E-state index contributed by atoms with van der Waals surface area (Å²) in [6.45, 7) is 2.48. The molecule has 0 spiro atoms. The van der Waals surface area contributed by atoms with Crippen LogP contribution in [-0.2, 0) is 6.54 Å². The summed E-state index contributed by atoms with van der Waals surface area (Å²) in [5.41, 5.74) is 8.86. The van der Waals surface area contributed by atoms with Crippen molar-refractivity contribution in [2.45, 2.75) is 13.5 Å². The van der Waals surface area contributed by atoms with Crippen molar-refractivity contribution in [1.82, 2.24) is 19.5 Å². The Labute approximate surface area is 124 Å². The van der Waals surface area contributed by atoms with Crippen molar-refractivity contribution in [1.29, 1.82) is 0 Å². The van der Waals surface area contributed by atoms with Crippen LogP contribution in [0.1, 0.15) is 11.5 Å². The summed E-state index contributed by atoms with van der Waals surface area (Å²) in [6, 6.07) is 8.00. The van der Waals surface area contributed by atoms with Crippen molar-refractivity contribution in [3.8, 4) is 0 Å². The van der Waals surface area contributed by atoms with Gasteiger partial charge in [-0.3, -0.25) is 0 Å². The van der Waals surface area contributed by atoms with Gasteiger partial charge in [0.25, 0.3) is 0 Å². The molecule has 2 aromatic heterocycles. The molecular weight excluding hydrogens is 353 g/mol. The van der Waals surface area contributed by atoms with E-state index in [1.54, 1.807) is 6.20 Å². The van der Waals surface area contributed by atoms with Gasteiger partial charge in [-0.05, 0) is 53.8 Å². The molecule has 0 radical (unpaired) electrons. The summed E-state index contributed by atoms with van der Waals surface area (Å²) >= 11 is 2.27. The molecule has 0 aliphatic heterocycles. The number of halogens is 1. The van der Waals surface area contributed by atoms with Gasteiger partial charge in [0.15, 0.2) is 0 Å². The van der Waals surface area contributed by atoms with Gasteiger partial charge >= 0.3 is 0 Å². The first-order valence-electron chi connectivity index (χ1n) is 5.83. The predicted octanol–water partition coefficient (Wildman–Crippen LogP) is 2.37. The molecule has 2 heterocycles. The van der Waals surface area contributed by atoms with E-state index >= 15 is 0 Å². The smallest absolute Gasteiger partial charge is 0.201 e. The minimum atomic E-state index is 0.508. The van der Waals surface area contributed by atoms with Crippen LogP contribution in [0, 0.1) is 10.5 Å². The maximum absolute atomic E-state index is 6.00. The summed E-state index contributed by atoms with van der Waals surface area (Å²) in [6.07, 6.45) is 1.76. The van der Waals surface area contributed by atoms with Gasteiger partial charge in [0.2, 0.25) is 5.95 Å². The van der Waals surface area contributed by atoms with E-state index in [2.05, 4.69) is 37.5 Å². The molecule has 6 heteroatoms. The summed E-state index contributed by atoms with van der Waals surface area (Å²) < 4.78 is 3.11. The number of nitrogens with zero attached hydrogens (tertiary/aromatic N) is 4. The maximum atomic E-state index is 6.00. The number of hydrogen-bond donors (Lipinski definition) is 1. The molecule has 0 fully saturated rings. The number of fused-ring (bicyclic) bond motifs is 1. The first-order valence-corrected chi connectivity index (χ1v) is 6.91. The molecule has 0 amide bonds. The highest BCUT2D eigenvalue weighted by molar-refractivity contribution is 14.1. The molecule has 0 aliphatic carbocycles. The topological polar surface area (TPSA) is 69.6 Å². The molecule has 19 heavy (non-hydrogen) atoms. The average Bonchev–Trinajstić information content (AvgIpc) is 2.65. The van der Waals surface area contributed by atoms with E-state index in [1.807, 2.05) is 35.8 Å². The van der Waals surface area contributed by atoms with Gasteiger partial charge in [-0.15, -0.1) is 0 Å². The van der Waals surface area contributed by atoms with Gasteiger partial charge in [0.1, 0.15) is 5.82 Å². The van der Waals surface area contributed by atoms with Gasteiger partial charge in [-0.25, -0.2) is 15.0 Å². The average molecular weight is 365 g/mol. The number of rotatable bonds is 2. The van der Waals surface area contributed by atoms with Gasteiger partial charge in [0, 0.05) is 9.77 Å². The van der Waals surface area contributed by atoms with Crippen LogP contribution in [0.25, 0.3) is 11.0 Å². The lowest BCUT2D eigenvalue weighted by atomic mass is 10.3. The molecule has 0 unspecified atom stereocenters. The quantitative estimate of drug-likeness (QED) is 0.708. The minimum absolute atomic E-state index is 0.508. The number of aromatic nitrogens is 4. The Morgan fingerprint density at radius 2 is 2.11 bits per heavy atom. The van der Waals surface area contributed by atoms with Crippen LogP contribution < -0.4 is 5.73 Å². The minimum Gasteiger partial charge on any atom is -0.369 e. The number of hydrogen-bond acceptors (Lipinski definition) is 4. The number of aryl methyl sites for hydroxylation is 1. The van der Waals surface area contributed by atoms with E-state index in [0.29, 0.717) is 12.5 Å². The number of anilines is 1. The van der Waals surface area contributed by atoms with Crippen molar-refractivity contribution in [3.63, 3.8) is 0 Å². The van der Waals surface area contributed by atoms with Crippen LogP contribution in [0.15, 0.2) is 30.5 Å². The Balaban J connectivity index is 2.07. The molecular formula is C13H12IN5. The zero-order valence-corrected chi connectivity index (χ0v) is 12.5. The van der Waals surface area contributed by atoms with Crippen molar-refractivity contribution < 1.29 is 0 Å². The van der Waals surface area contributed by atoms with Crippen molar-refractivity contribution in [2.75, 3.05) is 5.73 Å². The molecule has 3 rings (SSSR count). The van der Waals surface area contributed by atoms with Crippen molar-refractivity contribution >= 4 is 39.6 Å². The van der Waals surface area contributed by atoms with Crippen molar-refractivity contribution in [2.24, 2.45) is 0 Å². The highest BCUT2D eigenvalue weighted by atomic mass is 127. The molecule has 0 saturated heterocycles. The van der Waals surface area contributed by atoms with E-state index in [4.69, 9.17) is 5.73 Å². The predicted molar refractivity (Wildman–Crippen MR) is 82.7 cm³/mol. The van der Waals surface area contributed by atoms with Gasteiger partial charge in [0.05, 0.1) is 23.3 Å². The molecule has 0 aliphatic rings. The van der Waals surface area contributed by atoms with Gasteiger partial charge in [-0.1, -0.05) is 0 Å². The molecule has 0 saturated carbocycles. The summed E-state index contributed by atoms with van der Waals surface area (Å²) in [4.78, 5) is 12.9. The maximum Gasteiger partial charge on any atom is 0.201 e. The Morgan fingerprint density at radius 1 is 1.26 bits per heavy atom. The molecule has 5 nitrogen and oxygen atoms in total. The fourth-order valence-corrected chi connectivity index (χ4v) is 2.52. The third-order valence-corrected chi connectivity index (χ3v) is 3.56. The third kappa shape index (κ3) is 2.40. The first-order chi connectivity index (χ1) is 9.13. The number of nitrogens with two attached hydrogens (primary N) is 1. The molecule has 1 aromatic carbocycles. The number of benzene rings is 1. The van der Waals surface area contributed by atoms with E-state index in [-0.39, 0.29) is 0 Å². The highest BCUT2D eigenvalue weighted by Gasteiger charge is 2.09. The molecule has 96 valence electrons. The second kappa shape index (κ2) is 4.76. The monoisotopic (exact) mass is 365 g/mol. The fraction of sp³-hybridized carbons (Fsp3) is 0.154. The lowest BCUT2D eigenvalue weighted by Gasteiger charge is -2.06. The second-order valence-electron chi connectivity index (χ2n) is 4.28. The zero-order valence-electron chi connectivity index (χ0n) is 10.3. The summed E-state index contributed by atoms with van der Waals surface area (Å²) in [7, 11) is 0. The van der Waals surface area contributed by atoms with Crippen LogP contribution in [0.5, 0.6) is 0 Å². The van der Waals surface area contributed by atoms with Gasteiger partial charge in [-0.2, -0.15) is 0 Å². The lowest BCUT2D eigenvalue weighted by Crippen LogP contribution is -2.06. The molecule has 2 N–H and O–H groups in total. The van der Waals surface area contributed by atoms with E-state index in [1.165, 1.54) is 0 Å². The standard InChI is InChI=1S/C13H12IN5/c1-8-16-5-4-10(17-8)7-19-12-3-2-9(14)6-11(12)18-13(19)15/h2-6H,7H2,1H3,(H2,15,18). The Kier molecular flexibility index (Phi) is 3.09. The second-order valence-corrected chi connectivity index (χ2v) is 5.53. The Bertz CT molecular complexity index is 750. The number of imidazole rings is 1. The highest BCUT2D eigenvalue weighted by Crippen LogP contribution is 2.21. The lowest BCUT2D eigenvalue weighted by molar-refractivity contribution is 0.795. The Morgan fingerprint density at radius 3 is 2.89 bits per heavy atom. The molecule has 0 atom stereocenters.